The van der Waals surface area contributed by atoms with Gasteiger partial charge in [0, 0.05) is 11.8 Å². The fraction of sp³-hybridized carbons (Fsp3) is 0.0909. The van der Waals surface area contributed by atoms with E-state index in [0.29, 0.717) is 11.6 Å². The highest BCUT2D eigenvalue weighted by atomic mass is 15.4. The zero-order chi connectivity index (χ0) is 13.4. The molecule has 0 amide bonds. The lowest BCUT2D eigenvalue weighted by atomic mass is 10.3. The topological polar surface area (TPSA) is 108 Å². The summed E-state index contributed by atoms with van der Waals surface area (Å²) in [6, 6.07) is 5.59. The summed E-state index contributed by atoms with van der Waals surface area (Å²) in [5, 5.41) is 22.1. The Morgan fingerprint density at radius 1 is 1.21 bits per heavy atom. The molecule has 8 heteroatoms. The number of nitrogens with zero attached hydrogens (tertiary/aromatic N) is 8. The van der Waals surface area contributed by atoms with Gasteiger partial charge < -0.3 is 0 Å². The summed E-state index contributed by atoms with van der Waals surface area (Å²) < 4.78 is 2.98. The largest absolute Gasteiger partial charge is 0.273 e. The second kappa shape index (κ2) is 3.89. The molecule has 90 valence electrons. The maximum absolute atomic E-state index is 9.15. The molecule has 0 saturated heterocycles. The highest BCUT2D eigenvalue weighted by Crippen LogP contribution is 2.15. The van der Waals surface area contributed by atoms with Gasteiger partial charge in [-0.3, -0.25) is 4.57 Å². The second-order valence-electron chi connectivity index (χ2n) is 3.76. The molecule has 0 bridgehead atoms. The average molecular weight is 250 g/mol. The molecule has 0 aliphatic carbocycles. The van der Waals surface area contributed by atoms with Crippen LogP contribution in [0.5, 0.6) is 0 Å². The van der Waals surface area contributed by atoms with Crippen LogP contribution in [0, 0.1) is 29.6 Å². The predicted octanol–water partition coefficient (Wildman–Crippen LogP) is 0.362. The lowest BCUT2D eigenvalue weighted by molar-refractivity contribution is 0.840. The summed E-state index contributed by atoms with van der Waals surface area (Å²) in [4.78, 5) is 12.1. The third kappa shape index (κ3) is 1.51. The normalized spacial score (nSPS) is 10.3. The molecule has 3 rings (SSSR count). The first kappa shape index (κ1) is 10.9. The Hall–Kier alpha value is -3.26. The van der Waals surface area contributed by atoms with Crippen molar-refractivity contribution in [3.8, 4) is 18.0 Å². The molecule has 19 heavy (non-hydrogen) atoms. The minimum atomic E-state index is 0.0743. The Bertz CT molecular complexity index is 857. The molecule has 0 spiro atoms. The predicted molar refractivity (Wildman–Crippen MR) is 62.1 cm³/mol. The van der Waals surface area contributed by atoms with Gasteiger partial charge in [-0.1, -0.05) is 0 Å². The van der Waals surface area contributed by atoms with Crippen molar-refractivity contribution < 1.29 is 0 Å². The summed E-state index contributed by atoms with van der Waals surface area (Å²) >= 11 is 0. The number of imidazole rings is 1. The third-order valence-electron chi connectivity index (χ3n) is 2.59. The van der Waals surface area contributed by atoms with E-state index in [9.17, 15) is 0 Å². The van der Waals surface area contributed by atoms with Gasteiger partial charge in [-0.15, -0.1) is 0 Å². The Labute approximate surface area is 107 Å². The minimum absolute atomic E-state index is 0.0743. The molecule has 3 aromatic rings. The smallest absolute Gasteiger partial charge is 0.254 e. The van der Waals surface area contributed by atoms with Gasteiger partial charge >= 0.3 is 0 Å². The van der Waals surface area contributed by atoms with E-state index in [4.69, 9.17) is 10.5 Å². The van der Waals surface area contributed by atoms with Crippen molar-refractivity contribution in [3.05, 3.63) is 35.8 Å². The van der Waals surface area contributed by atoms with E-state index in [1.165, 1.54) is 21.7 Å². The Morgan fingerprint density at radius 2 is 2.05 bits per heavy atom. The molecule has 0 fully saturated rings. The third-order valence-corrected chi connectivity index (χ3v) is 2.59. The first-order valence-electron chi connectivity index (χ1n) is 5.30. The van der Waals surface area contributed by atoms with E-state index >= 15 is 0 Å². The maximum atomic E-state index is 9.15. The van der Waals surface area contributed by atoms with Gasteiger partial charge in [-0.25, -0.2) is 9.97 Å². The lowest BCUT2D eigenvalue weighted by Gasteiger charge is -2.06. The fourth-order valence-corrected chi connectivity index (χ4v) is 1.79. The van der Waals surface area contributed by atoms with Crippen LogP contribution in [0.4, 0.5) is 0 Å². The lowest BCUT2D eigenvalue weighted by Crippen LogP contribution is -2.07. The number of hydrogen-bond donors (Lipinski definition) is 0. The summed E-state index contributed by atoms with van der Waals surface area (Å²) in [7, 11) is 0. The van der Waals surface area contributed by atoms with Crippen LogP contribution in [-0.2, 0) is 0 Å². The zero-order valence-electron chi connectivity index (χ0n) is 9.81. The van der Waals surface area contributed by atoms with Crippen molar-refractivity contribution >= 4 is 5.78 Å². The van der Waals surface area contributed by atoms with Crippen LogP contribution in [0.25, 0.3) is 11.6 Å². The molecular formula is C11H6N8. The van der Waals surface area contributed by atoms with Gasteiger partial charge in [0.1, 0.15) is 30.6 Å². The van der Waals surface area contributed by atoms with E-state index in [1.807, 2.05) is 19.1 Å². The second-order valence-corrected chi connectivity index (χ2v) is 3.76. The van der Waals surface area contributed by atoms with Crippen molar-refractivity contribution in [2.24, 2.45) is 0 Å². The van der Waals surface area contributed by atoms with E-state index in [2.05, 4.69) is 20.1 Å². The molecule has 0 N–H and O–H groups in total. The summed E-state index contributed by atoms with van der Waals surface area (Å²) in [6.07, 6.45) is 2.78. The Balaban J connectivity index is 2.37. The van der Waals surface area contributed by atoms with Gasteiger partial charge in [0.2, 0.25) is 0 Å². The van der Waals surface area contributed by atoms with Crippen molar-refractivity contribution in [2.45, 2.75) is 6.92 Å². The number of hydrogen-bond acceptors (Lipinski definition) is 6. The van der Waals surface area contributed by atoms with Crippen LogP contribution >= 0.6 is 0 Å². The molecule has 0 aromatic carbocycles. The SMILES string of the molecule is Cc1cc(-n2cnc(C#N)c2C#N)n2ncnc2n1. The Morgan fingerprint density at radius 3 is 2.79 bits per heavy atom. The number of nitriles is 2. The molecule has 0 saturated carbocycles. The first-order chi connectivity index (χ1) is 9.24. The van der Waals surface area contributed by atoms with Gasteiger partial charge in [0.15, 0.2) is 11.4 Å². The Kier molecular flexibility index (Phi) is 2.23. The molecule has 3 heterocycles. The van der Waals surface area contributed by atoms with Crippen molar-refractivity contribution in [1.29, 1.82) is 10.5 Å². The van der Waals surface area contributed by atoms with Crippen LogP contribution in [0.3, 0.4) is 0 Å². The van der Waals surface area contributed by atoms with Crippen molar-refractivity contribution in [3.63, 3.8) is 0 Å². The van der Waals surface area contributed by atoms with E-state index in [-0.39, 0.29) is 11.4 Å². The molecule has 3 aromatic heterocycles. The zero-order valence-corrected chi connectivity index (χ0v) is 9.81. The van der Waals surface area contributed by atoms with Crippen LogP contribution in [0.1, 0.15) is 17.1 Å². The number of rotatable bonds is 1. The quantitative estimate of drug-likeness (QED) is 0.617. The van der Waals surface area contributed by atoms with Crippen LogP contribution in [0.15, 0.2) is 18.7 Å². The van der Waals surface area contributed by atoms with Crippen molar-refractivity contribution in [2.75, 3.05) is 0 Å². The van der Waals surface area contributed by atoms with Crippen molar-refractivity contribution in [1.82, 2.24) is 29.1 Å². The highest BCUT2D eigenvalue weighted by Gasteiger charge is 2.15. The summed E-state index contributed by atoms with van der Waals surface area (Å²) in [6.45, 7) is 1.81. The molecule has 0 atom stereocenters. The average Bonchev–Trinajstić information content (AvgIpc) is 3.02. The molecule has 0 unspecified atom stereocenters. The number of aryl methyl sites for hydroxylation is 1. The number of aromatic nitrogens is 6. The minimum Gasteiger partial charge on any atom is -0.273 e. The van der Waals surface area contributed by atoms with Gasteiger partial charge in [-0.2, -0.15) is 25.1 Å². The summed E-state index contributed by atoms with van der Waals surface area (Å²) in [5.41, 5.74) is 0.960. The van der Waals surface area contributed by atoms with E-state index in [1.54, 1.807) is 6.07 Å². The standard InChI is InChI=1S/C11H6N8/c1-7-2-10(19-11(17-7)14-5-16-19)18-6-15-8(3-12)9(18)4-13/h2,5-6H,1H3. The molecule has 0 aliphatic rings. The van der Waals surface area contributed by atoms with Gasteiger partial charge in [0.05, 0.1) is 0 Å². The molecular weight excluding hydrogens is 244 g/mol. The van der Waals surface area contributed by atoms with Crippen LogP contribution in [-0.4, -0.2) is 29.1 Å². The van der Waals surface area contributed by atoms with Crippen LogP contribution < -0.4 is 0 Å². The van der Waals surface area contributed by atoms with E-state index in [0.717, 1.165) is 5.69 Å². The van der Waals surface area contributed by atoms with E-state index < -0.39 is 0 Å². The fourth-order valence-electron chi connectivity index (χ4n) is 1.79. The molecule has 8 nitrogen and oxygen atoms in total. The number of fused-ring (bicyclic) bond motifs is 1. The van der Waals surface area contributed by atoms with Crippen LogP contribution in [0.2, 0.25) is 0 Å². The molecule has 0 aliphatic heterocycles. The highest BCUT2D eigenvalue weighted by molar-refractivity contribution is 5.44. The van der Waals surface area contributed by atoms with Gasteiger partial charge in [0.25, 0.3) is 5.78 Å². The van der Waals surface area contributed by atoms with Gasteiger partial charge in [-0.05, 0) is 6.92 Å². The maximum Gasteiger partial charge on any atom is 0.254 e. The monoisotopic (exact) mass is 250 g/mol. The molecule has 0 radical (unpaired) electrons. The first-order valence-corrected chi connectivity index (χ1v) is 5.30. The summed E-state index contributed by atoms with van der Waals surface area (Å²) in [5.74, 6) is 0.983.